The minimum Gasteiger partial charge on any atom is -0.444 e. The number of piperidine rings is 1. The van der Waals surface area contributed by atoms with Gasteiger partial charge in [-0.2, -0.15) is 0 Å². The maximum absolute atomic E-state index is 5.74. The summed E-state index contributed by atoms with van der Waals surface area (Å²) in [4.78, 5) is 11.8. The molecule has 31 heavy (non-hydrogen) atoms. The summed E-state index contributed by atoms with van der Waals surface area (Å²) >= 11 is 0. The summed E-state index contributed by atoms with van der Waals surface area (Å²) in [6.07, 6.45) is 2.37. The Hall–Kier alpha value is -2.34. The highest BCUT2D eigenvalue weighted by atomic mass is 16.4. The molecule has 0 bridgehead atoms. The Bertz CT molecular complexity index is 815. The van der Waals surface area contributed by atoms with Crippen LogP contribution in [0.15, 0.2) is 33.7 Å². The number of benzene rings is 1. The van der Waals surface area contributed by atoms with E-state index in [0.29, 0.717) is 11.8 Å². The third-order valence-electron chi connectivity index (χ3n) is 6.21. The van der Waals surface area contributed by atoms with Crippen LogP contribution in [0.1, 0.15) is 61.1 Å². The highest BCUT2D eigenvalue weighted by molar-refractivity contribution is 5.79. The van der Waals surface area contributed by atoms with Gasteiger partial charge in [0.25, 0.3) is 0 Å². The zero-order valence-corrected chi connectivity index (χ0v) is 19.9. The van der Waals surface area contributed by atoms with E-state index in [0.717, 1.165) is 62.6 Å². The van der Waals surface area contributed by atoms with E-state index in [1.807, 2.05) is 13.8 Å². The molecule has 1 aromatic carbocycles. The Labute approximate surface area is 187 Å². The van der Waals surface area contributed by atoms with Crippen molar-refractivity contribution in [1.29, 1.82) is 0 Å². The van der Waals surface area contributed by atoms with E-state index < -0.39 is 0 Å². The number of aliphatic imine (C=N–C) groups is 1. The van der Waals surface area contributed by atoms with Crippen LogP contribution < -0.4 is 10.6 Å². The number of hydrogen-bond acceptors (Lipinski definition) is 4. The van der Waals surface area contributed by atoms with Crippen LogP contribution in [0.25, 0.3) is 0 Å². The topological polar surface area (TPSA) is 65.7 Å². The molecule has 1 saturated heterocycles. The molecule has 2 heterocycles. The summed E-state index contributed by atoms with van der Waals surface area (Å²) in [7, 11) is 0. The van der Waals surface area contributed by atoms with Crippen LogP contribution in [-0.4, -0.2) is 48.6 Å². The monoisotopic (exact) mass is 425 g/mol. The summed E-state index contributed by atoms with van der Waals surface area (Å²) in [5.41, 5.74) is 3.64. The second-order valence-electron chi connectivity index (χ2n) is 8.88. The molecule has 1 unspecified atom stereocenters. The Morgan fingerprint density at radius 3 is 2.48 bits per heavy atom. The van der Waals surface area contributed by atoms with E-state index in [1.54, 1.807) is 0 Å². The predicted octanol–water partition coefficient (Wildman–Crippen LogP) is 4.17. The van der Waals surface area contributed by atoms with Crippen LogP contribution in [0.3, 0.4) is 0 Å². The van der Waals surface area contributed by atoms with E-state index in [2.05, 4.69) is 65.6 Å². The summed E-state index contributed by atoms with van der Waals surface area (Å²) < 4.78 is 5.74. The number of nitrogens with one attached hydrogen (secondary N) is 2. The molecule has 0 radical (unpaired) electrons. The zero-order chi connectivity index (χ0) is 22.2. The predicted molar refractivity (Wildman–Crippen MR) is 128 cm³/mol. The molecule has 2 N–H and O–H groups in total. The Kier molecular flexibility index (Phi) is 8.52. The van der Waals surface area contributed by atoms with Crippen LogP contribution in [0, 0.1) is 26.7 Å². The number of nitrogens with zero attached hydrogens (tertiary/aromatic N) is 3. The summed E-state index contributed by atoms with van der Waals surface area (Å²) in [6, 6.07) is 8.78. The fourth-order valence-electron chi connectivity index (χ4n) is 3.96. The van der Waals surface area contributed by atoms with Crippen LogP contribution >= 0.6 is 0 Å². The first-order valence-corrected chi connectivity index (χ1v) is 11.7. The largest absolute Gasteiger partial charge is 0.444 e. The molecule has 6 nitrogen and oxygen atoms in total. The molecular formula is C25H39N5O. The quantitative estimate of drug-likeness (QED) is 0.491. The third-order valence-corrected chi connectivity index (χ3v) is 6.21. The molecular weight excluding hydrogens is 386 g/mol. The van der Waals surface area contributed by atoms with E-state index in [9.17, 15) is 0 Å². The summed E-state index contributed by atoms with van der Waals surface area (Å²) in [5, 5.41) is 6.97. The number of aryl methyl sites for hydroxylation is 3. The minimum atomic E-state index is 0.404. The standard InChI is InChI=1S/C25H39N5O/c1-6-26-25(27-15-19(3)23-9-7-18(2)8-10-23)28-16-22-11-13-30(14-12-22)17-24-29-20(4)21(5)31-24/h7-10,19,22H,6,11-17H2,1-5H3,(H2,26,27,28). The number of oxazole rings is 1. The van der Waals surface area contributed by atoms with Crippen molar-refractivity contribution in [3.05, 3.63) is 52.7 Å². The number of hydrogen-bond donors (Lipinski definition) is 2. The lowest BCUT2D eigenvalue weighted by Crippen LogP contribution is -2.43. The highest BCUT2D eigenvalue weighted by Crippen LogP contribution is 2.19. The molecule has 0 aliphatic carbocycles. The molecule has 1 aliphatic rings. The number of likely N-dealkylation sites (tertiary alicyclic amines) is 1. The van der Waals surface area contributed by atoms with E-state index in [1.165, 1.54) is 24.0 Å². The van der Waals surface area contributed by atoms with Gasteiger partial charge in [0, 0.05) is 25.6 Å². The molecule has 0 amide bonds. The van der Waals surface area contributed by atoms with E-state index in [-0.39, 0.29) is 0 Å². The summed E-state index contributed by atoms with van der Waals surface area (Å²) in [6.45, 7) is 16.1. The van der Waals surface area contributed by atoms with Gasteiger partial charge in [0.2, 0.25) is 5.89 Å². The first-order chi connectivity index (χ1) is 14.9. The van der Waals surface area contributed by atoms with Gasteiger partial charge in [-0.1, -0.05) is 36.8 Å². The number of rotatable bonds is 8. The fourth-order valence-corrected chi connectivity index (χ4v) is 3.96. The molecule has 1 aliphatic heterocycles. The maximum Gasteiger partial charge on any atom is 0.208 e. The lowest BCUT2D eigenvalue weighted by Gasteiger charge is -2.31. The van der Waals surface area contributed by atoms with Gasteiger partial charge in [0.1, 0.15) is 5.76 Å². The molecule has 2 aromatic rings. The minimum absolute atomic E-state index is 0.404. The van der Waals surface area contributed by atoms with Crippen molar-refractivity contribution in [3.8, 4) is 0 Å². The number of aromatic nitrogens is 1. The Morgan fingerprint density at radius 2 is 1.87 bits per heavy atom. The molecule has 0 spiro atoms. The molecule has 6 heteroatoms. The second kappa shape index (κ2) is 11.3. The second-order valence-corrected chi connectivity index (χ2v) is 8.88. The lowest BCUT2D eigenvalue weighted by atomic mass is 9.97. The van der Waals surface area contributed by atoms with Gasteiger partial charge in [-0.25, -0.2) is 4.98 Å². The van der Waals surface area contributed by atoms with Gasteiger partial charge >= 0.3 is 0 Å². The van der Waals surface area contributed by atoms with Crippen molar-refractivity contribution in [1.82, 2.24) is 20.5 Å². The Morgan fingerprint density at radius 1 is 1.16 bits per heavy atom. The van der Waals surface area contributed by atoms with Gasteiger partial charge in [-0.15, -0.1) is 0 Å². The van der Waals surface area contributed by atoms with Crippen LogP contribution in [0.2, 0.25) is 0 Å². The molecule has 1 aromatic heterocycles. The van der Waals surface area contributed by atoms with Crippen LogP contribution in [0.4, 0.5) is 0 Å². The van der Waals surface area contributed by atoms with E-state index in [4.69, 9.17) is 9.41 Å². The first-order valence-electron chi connectivity index (χ1n) is 11.7. The SMILES string of the molecule is CCNC(=NCC(C)c1ccc(C)cc1)NCC1CCN(Cc2nc(C)c(C)o2)CC1. The lowest BCUT2D eigenvalue weighted by molar-refractivity contribution is 0.164. The molecule has 170 valence electrons. The average Bonchev–Trinajstić information content (AvgIpc) is 3.08. The van der Waals surface area contributed by atoms with Gasteiger partial charge < -0.3 is 15.1 Å². The molecule has 1 atom stereocenters. The van der Waals surface area contributed by atoms with Crippen LogP contribution in [-0.2, 0) is 6.54 Å². The fraction of sp³-hybridized carbons (Fsp3) is 0.600. The molecule has 3 rings (SSSR count). The smallest absolute Gasteiger partial charge is 0.208 e. The summed E-state index contributed by atoms with van der Waals surface area (Å²) in [5.74, 6) is 3.77. The normalized spacial score (nSPS) is 17.0. The van der Waals surface area contributed by atoms with Gasteiger partial charge in [0.05, 0.1) is 12.2 Å². The number of guanidine groups is 1. The van der Waals surface area contributed by atoms with E-state index >= 15 is 0 Å². The van der Waals surface area contributed by atoms with Crippen LogP contribution in [0.5, 0.6) is 0 Å². The maximum atomic E-state index is 5.74. The first kappa shape index (κ1) is 23.3. The highest BCUT2D eigenvalue weighted by Gasteiger charge is 2.21. The van der Waals surface area contributed by atoms with Crippen molar-refractivity contribution < 1.29 is 4.42 Å². The van der Waals surface area contributed by atoms with Gasteiger partial charge in [-0.05, 0) is 65.1 Å². The molecule has 0 saturated carbocycles. The Balaban J connectivity index is 1.43. The van der Waals surface area contributed by atoms with Gasteiger partial charge in [-0.3, -0.25) is 9.89 Å². The van der Waals surface area contributed by atoms with Gasteiger partial charge in [0.15, 0.2) is 5.96 Å². The zero-order valence-electron chi connectivity index (χ0n) is 19.9. The molecule has 1 fully saturated rings. The van der Waals surface area contributed by atoms with Crippen molar-refractivity contribution in [2.75, 3.05) is 32.7 Å². The van der Waals surface area contributed by atoms with Crippen molar-refractivity contribution in [2.45, 2.75) is 59.9 Å². The third kappa shape index (κ3) is 7.10. The van der Waals surface area contributed by atoms with Crippen molar-refractivity contribution >= 4 is 5.96 Å². The van der Waals surface area contributed by atoms with Crippen molar-refractivity contribution in [3.63, 3.8) is 0 Å². The average molecular weight is 426 g/mol. The van der Waals surface area contributed by atoms with Crippen molar-refractivity contribution in [2.24, 2.45) is 10.9 Å².